The quantitative estimate of drug-likeness (QED) is 0.160. The molecule has 0 N–H and O–H groups in total. The molecule has 4 aliphatic heterocycles. The van der Waals surface area contributed by atoms with Crippen molar-refractivity contribution in [3.8, 4) is 23.0 Å². The summed E-state index contributed by atoms with van der Waals surface area (Å²) in [6.07, 6.45) is 1.66. The van der Waals surface area contributed by atoms with E-state index in [1.54, 1.807) is 0 Å². The largest absolute Gasteiger partial charge is 0.490 e. The molecule has 0 spiro atoms. The molecule has 11 rings (SSSR count). The molecular weight excluding hydrogens is 771 g/mol. The Bertz CT molecular complexity index is 2830. The number of nitrogens with zero attached hydrogens (tertiary/aromatic N) is 2. The Morgan fingerprint density at radius 1 is 0.500 bits per heavy atom. The van der Waals surface area contributed by atoms with Crippen LogP contribution in [0.2, 0.25) is 0 Å². The first-order valence-electron chi connectivity index (χ1n) is 22.3. The van der Waals surface area contributed by atoms with Gasteiger partial charge in [0.2, 0.25) is 0 Å². The van der Waals surface area contributed by atoms with Gasteiger partial charge in [0.05, 0.1) is 49.2 Å². The van der Waals surface area contributed by atoms with E-state index in [1.165, 1.54) is 11.1 Å². The summed E-state index contributed by atoms with van der Waals surface area (Å²) in [6, 6.07) is 22.4. The number of benzene rings is 5. The number of hydrogen-bond donors (Lipinski definition) is 0. The van der Waals surface area contributed by atoms with Crippen LogP contribution < -0.4 is 45.5 Å². The number of aryl methyl sites for hydroxylation is 3. The van der Waals surface area contributed by atoms with E-state index in [9.17, 15) is 0 Å². The van der Waals surface area contributed by atoms with Crippen molar-refractivity contribution in [3.63, 3.8) is 0 Å². The van der Waals surface area contributed by atoms with E-state index in [-0.39, 0.29) is 17.5 Å². The van der Waals surface area contributed by atoms with Crippen molar-refractivity contribution in [1.29, 1.82) is 0 Å². The van der Waals surface area contributed by atoms with Gasteiger partial charge in [-0.2, -0.15) is 0 Å². The van der Waals surface area contributed by atoms with Gasteiger partial charge in [-0.25, -0.2) is 0 Å². The maximum absolute atomic E-state index is 7.30. The van der Waals surface area contributed by atoms with Gasteiger partial charge in [-0.15, -0.1) is 0 Å². The van der Waals surface area contributed by atoms with E-state index >= 15 is 0 Å². The molecule has 5 aromatic carbocycles. The highest BCUT2D eigenvalue weighted by atomic mass is 16.5. The lowest BCUT2D eigenvalue weighted by Crippen LogP contribution is -2.60. The average Bonchev–Trinajstić information content (AvgIpc) is 3.55. The zero-order valence-corrected chi connectivity index (χ0v) is 37.9. The first-order chi connectivity index (χ1) is 29.6. The molecule has 0 unspecified atom stereocenters. The zero-order chi connectivity index (χ0) is 43.1. The Kier molecular flexibility index (Phi) is 8.49. The van der Waals surface area contributed by atoms with Crippen LogP contribution in [0.25, 0.3) is 21.9 Å². The molecule has 0 fully saturated rings. The first-order valence-corrected chi connectivity index (χ1v) is 22.3. The lowest BCUT2D eigenvalue weighted by Gasteiger charge is -2.42. The lowest BCUT2D eigenvalue weighted by atomic mass is 9.37. The van der Waals surface area contributed by atoms with Crippen LogP contribution in [0, 0.1) is 34.6 Å². The lowest BCUT2D eigenvalue weighted by molar-refractivity contribution is 0.296. The molecule has 62 heavy (non-hydrogen) atoms. The Morgan fingerprint density at radius 3 is 1.34 bits per heavy atom. The summed E-state index contributed by atoms with van der Waals surface area (Å²) in [5.74, 6) is 3.18. The number of furan rings is 2. The van der Waals surface area contributed by atoms with E-state index in [0.29, 0.717) is 26.4 Å². The Morgan fingerprint density at radius 2 is 0.919 bits per heavy atom. The van der Waals surface area contributed by atoms with E-state index in [2.05, 4.69) is 147 Å². The van der Waals surface area contributed by atoms with Gasteiger partial charge >= 0.3 is 6.71 Å². The van der Waals surface area contributed by atoms with E-state index < -0.39 is 0 Å². The minimum absolute atomic E-state index is 0.0824. The van der Waals surface area contributed by atoms with Gasteiger partial charge in [0, 0.05) is 46.1 Å². The van der Waals surface area contributed by atoms with Crippen LogP contribution in [0.3, 0.4) is 0 Å². The molecule has 6 heterocycles. The third-order valence-corrected chi connectivity index (χ3v) is 13.4. The summed E-state index contributed by atoms with van der Waals surface area (Å²) < 4.78 is 40.3. The number of fused-ring (bicyclic) bond motifs is 10. The monoisotopic (exact) mass is 826 g/mol. The molecule has 7 aromatic rings. The van der Waals surface area contributed by atoms with Crippen molar-refractivity contribution in [2.24, 2.45) is 0 Å². The molecule has 0 atom stereocenters. The average molecular weight is 827 g/mol. The van der Waals surface area contributed by atoms with Gasteiger partial charge in [-0.3, -0.25) is 0 Å². The van der Waals surface area contributed by atoms with Crippen LogP contribution in [0.5, 0.6) is 23.0 Å². The van der Waals surface area contributed by atoms with Crippen molar-refractivity contribution in [1.82, 2.24) is 0 Å². The van der Waals surface area contributed by atoms with Gasteiger partial charge in [0.1, 0.15) is 22.5 Å². The SMILES string of the molecule is Cc1cc2c3c(c1)N(c1c(C)cc4c(c1C)OCCCO4)c1c(oc4ccc(C(C)(C)C)cc14)B3c1oc3ccc(C(C)(C)C)cc3c1N2c1c(C)cc2c(c1C)OCCCO2. The Hall–Kier alpha value is -5.96. The van der Waals surface area contributed by atoms with Crippen molar-refractivity contribution in [3.05, 3.63) is 99.6 Å². The van der Waals surface area contributed by atoms with E-state index in [4.69, 9.17) is 27.8 Å². The number of anilines is 6. The molecule has 316 valence electrons. The second kappa shape index (κ2) is 13.5. The standard InChI is InChI=1S/C53H55BN2O6/c1-28-22-37-43-38(23-28)56(45-30(3)25-42-49(32(45)5)60-21-13-19-58-42)47-36-27-34(53(9,10)11)15-17-40(36)62-51(47)54(43)50-46(35-26-33(52(6,7)8)14-16-39(35)61-50)55(37)44-29(2)24-41-48(31(44)4)59-20-12-18-57-41/h14-17,22-27H,12-13,18-21H2,1-11H3. The Labute approximate surface area is 364 Å². The summed E-state index contributed by atoms with van der Waals surface area (Å²) in [5, 5.41) is 2.13. The van der Waals surface area contributed by atoms with Gasteiger partial charge in [-0.1, -0.05) is 53.7 Å². The summed E-state index contributed by atoms with van der Waals surface area (Å²) in [4.78, 5) is 4.93. The molecule has 0 radical (unpaired) electrons. The molecule has 9 heteroatoms. The molecular formula is C53H55BN2O6. The highest BCUT2D eigenvalue weighted by Crippen LogP contribution is 2.54. The number of hydrogen-bond acceptors (Lipinski definition) is 8. The molecule has 2 aromatic heterocycles. The number of ether oxygens (including phenoxy) is 4. The minimum atomic E-state index is -0.351. The van der Waals surface area contributed by atoms with Crippen LogP contribution in [0.4, 0.5) is 34.1 Å². The molecule has 0 amide bonds. The fraction of sp³-hybridized carbons (Fsp3) is 0.358. The second-order valence-electron chi connectivity index (χ2n) is 20.0. The van der Waals surface area contributed by atoms with Crippen LogP contribution in [-0.4, -0.2) is 33.1 Å². The minimum Gasteiger partial charge on any atom is -0.490 e. The van der Waals surface area contributed by atoms with Crippen molar-refractivity contribution in [2.45, 2.75) is 99.8 Å². The Balaban J connectivity index is 1.29. The highest BCUT2D eigenvalue weighted by molar-refractivity contribution is 6.99. The summed E-state index contributed by atoms with van der Waals surface area (Å²) in [6.45, 7) is 26.7. The third kappa shape index (κ3) is 5.65. The predicted octanol–water partition coefficient (Wildman–Crippen LogP) is 11.7. The van der Waals surface area contributed by atoms with E-state index in [0.717, 1.165) is 137 Å². The molecule has 4 aliphatic rings. The molecule has 0 aliphatic carbocycles. The highest BCUT2D eigenvalue weighted by Gasteiger charge is 2.51. The first kappa shape index (κ1) is 38.9. The smallest absolute Gasteiger partial charge is 0.342 e. The molecule has 0 saturated heterocycles. The van der Waals surface area contributed by atoms with Crippen LogP contribution in [-0.2, 0) is 10.8 Å². The van der Waals surface area contributed by atoms with Gasteiger partial charge < -0.3 is 37.6 Å². The van der Waals surface area contributed by atoms with E-state index in [1.807, 2.05) is 0 Å². The normalized spacial score (nSPS) is 15.7. The maximum Gasteiger partial charge on any atom is 0.342 e. The summed E-state index contributed by atoms with van der Waals surface area (Å²) in [7, 11) is 0. The molecule has 8 nitrogen and oxygen atoms in total. The fourth-order valence-corrected chi connectivity index (χ4v) is 10.4. The van der Waals surface area contributed by atoms with Crippen molar-refractivity contribution in [2.75, 3.05) is 36.2 Å². The molecule has 0 saturated carbocycles. The van der Waals surface area contributed by atoms with Crippen LogP contribution in [0.1, 0.15) is 93.3 Å². The van der Waals surface area contributed by atoms with Crippen LogP contribution in [0.15, 0.2) is 69.5 Å². The summed E-state index contributed by atoms with van der Waals surface area (Å²) in [5.41, 5.74) is 18.6. The predicted molar refractivity (Wildman–Crippen MR) is 252 cm³/mol. The van der Waals surface area contributed by atoms with Gasteiger partial charge in [0.25, 0.3) is 0 Å². The maximum atomic E-state index is 7.30. The van der Waals surface area contributed by atoms with Gasteiger partial charge in [-0.05, 0) is 127 Å². The summed E-state index contributed by atoms with van der Waals surface area (Å²) >= 11 is 0. The topological polar surface area (TPSA) is 69.7 Å². The fourth-order valence-electron chi connectivity index (χ4n) is 10.4. The second-order valence-corrected chi connectivity index (χ2v) is 20.0. The molecule has 0 bridgehead atoms. The van der Waals surface area contributed by atoms with Crippen molar-refractivity contribution < 1.29 is 27.8 Å². The van der Waals surface area contributed by atoms with Crippen molar-refractivity contribution >= 4 is 79.6 Å². The number of rotatable bonds is 2. The zero-order valence-electron chi connectivity index (χ0n) is 37.9. The van der Waals surface area contributed by atoms with Crippen LogP contribution >= 0.6 is 0 Å². The van der Waals surface area contributed by atoms with Gasteiger partial charge in [0.15, 0.2) is 23.0 Å². The third-order valence-electron chi connectivity index (χ3n) is 13.4.